The predicted molar refractivity (Wildman–Crippen MR) is 106 cm³/mol. The molecular formula is C22H18N2O4. The molecule has 6 heteroatoms. The number of nitro groups is 1. The van der Waals surface area contributed by atoms with Crippen LogP contribution in [0.4, 0.5) is 5.69 Å². The van der Waals surface area contributed by atoms with Crippen LogP contribution in [0.5, 0.6) is 5.75 Å². The smallest absolute Gasteiger partial charge is 0.269 e. The maximum Gasteiger partial charge on any atom is 0.269 e. The van der Waals surface area contributed by atoms with E-state index in [1.165, 1.54) is 23.3 Å². The maximum atomic E-state index is 10.7. The van der Waals surface area contributed by atoms with Gasteiger partial charge in [0.25, 0.3) is 5.69 Å². The molecule has 0 saturated carbocycles. The molecule has 0 radical (unpaired) electrons. The number of hydrogen-bond acceptors (Lipinski definition) is 5. The van der Waals surface area contributed by atoms with Crippen LogP contribution in [-0.4, -0.2) is 9.91 Å². The van der Waals surface area contributed by atoms with Crippen molar-refractivity contribution in [2.75, 3.05) is 0 Å². The molecule has 0 N–H and O–H groups in total. The van der Waals surface area contributed by atoms with Crippen LogP contribution in [0.15, 0.2) is 65.1 Å². The van der Waals surface area contributed by atoms with E-state index in [-0.39, 0.29) is 5.69 Å². The Kier molecular flexibility index (Phi) is 4.53. The van der Waals surface area contributed by atoms with Crippen LogP contribution in [0.1, 0.15) is 16.7 Å². The van der Waals surface area contributed by atoms with Crippen molar-refractivity contribution in [2.24, 2.45) is 0 Å². The van der Waals surface area contributed by atoms with Crippen molar-refractivity contribution in [1.82, 2.24) is 4.98 Å². The van der Waals surface area contributed by atoms with Crippen molar-refractivity contribution in [3.05, 3.63) is 87.5 Å². The van der Waals surface area contributed by atoms with Crippen LogP contribution < -0.4 is 4.74 Å². The molecule has 0 fully saturated rings. The third-order valence-corrected chi connectivity index (χ3v) is 4.66. The Hall–Kier alpha value is -3.67. The molecule has 0 atom stereocenters. The Morgan fingerprint density at radius 3 is 2.36 bits per heavy atom. The summed E-state index contributed by atoms with van der Waals surface area (Å²) in [4.78, 5) is 14.8. The zero-order valence-electron chi connectivity index (χ0n) is 15.5. The van der Waals surface area contributed by atoms with Crippen LogP contribution in [0.3, 0.4) is 0 Å². The van der Waals surface area contributed by atoms with Gasteiger partial charge in [0.15, 0.2) is 5.58 Å². The highest BCUT2D eigenvalue weighted by Gasteiger charge is 2.10. The second-order valence-electron chi connectivity index (χ2n) is 6.66. The van der Waals surface area contributed by atoms with Gasteiger partial charge in [-0.25, -0.2) is 4.98 Å². The van der Waals surface area contributed by atoms with E-state index in [2.05, 4.69) is 11.9 Å². The van der Waals surface area contributed by atoms with Gasteiger partial charge in [0.05, 0.1) is 4.92 Å². The van der Waals surface area contributed by atoms with Crippen molar-refractivity contribution >= 4 is 16.8 Å². The molecular weight excluding hydrogens is 356 g/mol. The first kappa shape index (κ1) is 17.7. The molecule has 0 aliphatic heterocycles. The molecule has 1 heterocycles. The monoisotopic (exact) mass is 374 g/mol. The summed E-state index contributed by atoms with van der Waals surface area (Å²) >= 11 is 0. The largest absolute Gasteiger partial charge is 0.489 e. The van der Waals surface area contributed by atoms with Crippen molar-refractivity contribution in [1.29, 1.82) is 0 Å². The average molecular weight is 374 g/mol. The molecule has 140 valence electrons. The highest BCUT2D eigenvalue weighted by Crippen LogP contribution is 2.27. The second-order valence-corrected chi connectivity index (χ2v) is 6.66. The standard InChI is InChI=1S/C22H18N2O4/c1-14-11-20-21(12-15(14)2)28-22(23-20)17-5-9-19(10-6-17)27-13-16-3-7-18(8-4-16)24(25)26/h3-12H,13H2,1-2H3. The number of nitrogens with zero attached hydrogens (tertiary/aromatic N) is 2. The second kappa shape index (κ2) is 7.15. The number of hydrogen-bond donors (Lipinski definition) is 0. The van der Waals surface area contributed by atoms with Gasteiger partial charge < -0.3 is 9.15 Å². The Morgan fingerprint density at radius 1 is 1.00 bits per heavy atom. The van der Waals surface area contributed by atoms with E-state index >= 15 is 0 Å². The topological polar surface area (TPSA) is 78.4 Å². The number of aryl methyl sites for hydroxylation is 2. The average Bonchev–Trinajstić information content (AvgIpc) is 3.10. The number of fused-ring (bicyclic) bond motifs is 1. The maximum absolute atomic E-state index is 10.7. The number of oxazole rings is 1. The Morgan fingerprint density at radius 2 is 1.68 bits per heavy atom. The Labute approximate surface area is 161 Å². The highest BCUT2D eigenvalue weighted by atomic mass is 16.6. The summed E-state index contributed by atoms with van der Waals surface area (Å²) in [6.45, 7) is 4.44. The molecule has 0 bridgehead atoms. The van der Waals surface area contributed by atoms with Gasteiger partial charge in [-0.2, -0.15) is 0 Å². The van der Waals surface area contributed by atoms with Crippen molar-refractivity contribution in [3.8, 4) is 17.2 Å². The van der Waals surface area contributed by atoms with Gasteiger partial charge in [0.1, 0.15) is 17.9 Å². The summed E-state index contributed by atoms with van der Waals surface area (Å²) < 4.78 is 11.6. The minimum Gasteiger partial charge on any atom is -0.489 e. The Balaban J connectivity index is 1.47. The molecule has 0 amide bonds. The van der Waals surface area contributed by atoms with Crippen molar-refractivity contribution in [2.45, 2.75) is 20.5 Å². The van der Waals surface area contributed by atoms with Crippen LogP contribution in [0, 0.1) is 24.0 Å². The lowest BCUT2D eigenvalue weighted by Gasteiger charge is -2.06. The number of ether oxygens (including phenoxy) is 1. The number of benzene rings is 3. The van der Waals surface area contributed by atoms with Gasteiger partial charge in [0.2, 0.25) is 5.89 Å². The van der Waals surface area contributed by atoms with E-state index in [4.69, 9.17) is 9.15 Å². The fraction of sp³-hybridized carbons (Fsp3) is 0.136. The number of aromatic nitrogens is 1. The summed E-state index contributed by atoms with van der Waals surface area (Å²) in [6, 6.07) is 17.9. The summed E-state index contributed by atoms with van der Waals surface area (Å²) in [6.07, 6.45) is 0. The van der Waals surface area contributed by atoms with E-state index < -0.39 is 4.92 Å². The van der Waals surface area contributed by atoms with Gasteiger partial charge in [-0.05, 0) is 79.1 Å². The highest BCUT2D eigenvalue weighted by molar-refractivity contribution is 5.78. The first-order valence-electron chi connectivity index (χ1n) is 8.84. The van der Waals surface area contributed by atoms with E-state index in [0.717, 1.165) is 22.2 Å². The van der Waals surface area contributed by atoms with E-state index in [1.807, 2.05) is 43.3 Å². The lowest BCUT2D eigenvalue weighted by Crippen LogP contribution is -1.96. The number of non-ortho nitro benzene ring substituents is 1. The van der Waals surface area contributed by atoms with E-state index in [0.29, 0.717) is 18.2 Å². The minimum absolute atomic E-state index is 0.0665. The molecule has 0 unspecified atom stereocenters. The van der Waals surface area contributed by atoms with Gasteiger partial charge in [-0.3, -0.25) is 10.1 Å². The Bertz CT molecular complexity index is 1110. The molecule has 28 heavy (non-hydrogen) atoms. The lowest BCUT2D eigenvalue weighted by molar-refractivity contribution is -0.384. The van der Waals surface area contributed by atoms with Gasteiger partial charge in [-0.1, -0.05) is 0 Å². The summed E-state index contributed by atoms with van der Waals surface area (Å²) in [5.74, 6) is 1.27. The fourth-order valence-corrected chi connectivity index (χ4v) is 2.88. The fourth-order valence-electron chi connectivity index (χ4n) is 2.88. The third kappa shape index (κ3) is 3.57. The summed E-state index contributed by atoms with van der Waals surface area (Å²) in [5, 5.41) is 10.7. The quantitative estimate of drug-likeness (QED) is 0.336. The first-order valence-corrected chi connectivity index (χ1v) is 8.84. The van der Waals surface area contributed by atoms with Gasteiger partial charge >= 0.3 is 0 Å². The van der Waals surface area contributed by atoms with Gasteiger partial charge in [0, 0.05) is 17.7 Å². The van der Waals surface area contributed by atoms with Gasteiger partial charge in [-0.15, -0.1) is 0 Å². The van der Waals surface area contributed by atoms with E-state index in [9.17, 15) is 10.1 Å². The lowest BCUT2D eigenvalue weighted by atomic mass is 10.1. The molecule has 0 saturated heterocycles. The SMILES string of the molecule is Cc1cc2nc(-c3ccc(OCc4ccc([N+](=O)[O-])cc4)cc3)oc2cc1C. The molecule has 1 aromatic heterocycles. The van der Waals surface area contributed by atoms with Crippen LogP contribution >= 0.6 is 0 Å². The van der Waals surface area contributed by atoms with Crippen LogP contribution in [0.25, 0.3) is 22.6 Å². The first-order chi connectivity index (χ1) is 13.5. The summed E-state index contributed by atoms with van der Waals surface area (Å²) in [5.41, 5.74) is 5.77. The third-order valence-electron chi connectivity index (χ3n) is 4.66. The molecule has 4 rings (SSSR count). The zero-order valence-corrected chi connectivity index (χ0v) is 15.5. The normalized spacial score (nSPS) is 10.9. The molecule has 0 aliphatic carbocycles. The molecule has 3 aromatic carbocycles. The van der Waals surface area contributed by atoms with Crippen molar-refractivity contribution in [3.63, 3.8) is 0 Å². The van der Waals surface area contributed by atoms with E-state index in [1.54, 1.807) is 12.1 Å². The number of nitro benzene ring substituents is 1. The van der Waals surface area contributed by atoms with Crippen molar-refractivity contribution < 1.29 is 14.1 Å². The predicted octanol–water partition coefficient (Wildman–Crippen LogP) is 5.60. The molecule has 0 aliphatic rings. The summed E-state index contributed by atoms with van der Waals surface area (Å²) in [7, 11) is 0. The number of rotatable bonds is 5. The molecule has 4 aromatic rings. The molecule has 0 spiro atoms. The van der Waals surface area contributed by atoms with Crippen LogP contribution in [-0.2, 0) is 6.61 Å². The minimum atomic E-state index is -0.419. The molecule has 6 nitrogen and oxygen atoms in total. The van der Waals surface area contributed by atoms with Crippen LogP contribution in [0.2, 0.25) is 0 Å². The zero-order chi connectivity index (χ0) is 19.7.